The molecule has 0 aliphatic carbocycles. The van der Waals surface area contributed by atoms with Gasteiger partial charge in [-0.05, 0) is 25.1 Å². The first kappa shape index (κ1) is 18.3. The van der Waals surface area contributed by atoms with Gasteiger partial charge in [-0.15, -0.1) is 0 Å². The number of nitrogens with zero attached hydrogens (tertiary/aromatic N) is 2. The molecule has 1 atom stereocenters. The topological polar surface area (TPSA) is 83.6 Å². The van der Waals surface area contributed by atoms with Crippen molar-refractivity contribution < 1.29 is 19.1 Å². The molecule has 1 amide bonds. The van der Waals surface area contributed by atoms with Crippen LogP contribution in [0.4, 0.5) is 0 Å². The molecule has 0 fully saturated rings. The van der Waals surface area contributed by atoms with Crippen LogP contribution in [0, 0.1) is 0 Å². The van der Waals surface area contributed by atoms with Gasteiger partial charge in [0.2, 0.25) is 5.91 Å². The van der Waals surface area contributed by atoms with Crippen molar-refractivity contribution in [2.24, 2.45) is 0 Å². The Labute approximate surface area is 149 Å². The Morgan fingerprint density at radius 3 is 2.71 bits per heavy atom. The number of carboxylic acid groups (broad SMARTS) is 1. The molecule has 0 bridgehead atoms. The molecule has 1 N–H and O–H groups in total. The number of aliphatic carboxylic acids is 1. The number of carbonyl (C=O) groups excluding carboxylic acids is 1. The number of hydrogen-bond donors (Lipinski definition) is 1. The Morgan fingerprint density at radius 1 is 1.38 bits per heavy atom. The number of likely N-dealkylation sites (N-methyl/N-ethyl adjacent to an activating group) is 1. The van der Waals surface area contributed by atoms with E-state index < -0.39 is 12.0 Å². The monoisotopic (exact) mass is 370 g/mol. The molecule has 0 spiro atoms. The summed E-state index contributed by atoms with van der Waals surface area (Å²) in [5.74, 6) is -0.497. The molecule has 0 aliphatic heterocycles. The van der Waals surface area contributed by atoms with Crippen LogP contribution in [0.25, 0.3) is 11.3 Å². The van der Waals surface area contributed by atoms with E-state index in [0.29, 0.717) is 27.3 Å². The van der Waals surface area contributed by atoms with Crippen molar-refractivity contribution >= 4 is 35.1 Å². The molecule has 1 unspecified atom stereocenters. The highest BCUT2D eigenvalue weighted by molar-refractivity contribution is 6.36. The van der Waals surface area contributed by atoms with E-state index in [-0.39, 0.29) is 18.7 Å². The maximum atomic E-state index is 12.0. The Hall–Kier alpha value is -2.05. The lowest BCUT2D eigenvalue weighted by Gasteiger charge is -2.21. The molecular weight excluding hydrogens is 355 g/mol. The van der Waals surface area contributed by atoms with Crippen molar-refractivity contribution in [3.05, 3.63) is 40.3 Å². The fourth-order valence-electron chi connectivity index (χ4n) is 2.01. The standard InChI is InChI=1S/C16H16Cl2N2O4/c1-9(16(22)23)20(2)15(21)6-5-14-19-8-13(24-14)11-4-3-10(17)7-12(11)18/h3-4,7-9H,5-6H2,1-2H3,(H,22,23). The number of aromatic nitrogens is 1. The van der Waals surface area contributed by atoms with Gasteiger partial charge in [-0.1, -0.05) is 23.2 Å². The quantitative estimate of drug-likeness (QED) is 0.840. The van der Waals surface area contributed by atoms with Gasteiger partial charge in [0, 0.05) is 30.5 Å². The normalized spacial score (nSPS) is 12.0. The molecule has 6 nitrogen and oxygen atoms in total. The lowest BCUT2D eigenvalue weighted by molar-refractivity contribution is -0.148. The van der Waals surface area contributed by atoms with Crippen molar-refractivity contribution in [1.29, 1.82) is 0 Å². The van der Waals surface area contributed by atoms with Gasteiger partial charge < -0.3 is 14.4 Å². The zero-order valence-corrected chi connectivity index (χ0v) is 14.6. The molecular formula is C16H16Cl2N2O4. The maximum absolute atomic E-state index is 12.0. The summed E-state index contributed by atoms with van der Waals surface area (Å²) in [6.45, 7) is 1.45. The molecule has 0 saturated carbocycles. The van der Waals surface area contributed by atoms with Crippen LogP contribution in [-0.2, 0) is 16.0 Å². The second-order valence-electron chi connectivity index (χ2n) is 5.26. The zero-order chi connectivity index (χ0) is 17.9. The second kappa shape index (κ2) is 7.68. The third kappa shape index (κ3) is 4.27. The van der Waals surface area contributed by atoms with Gasteiger partial charge >= 0.3 is 5.97 Å². The molecule has 8 heteroatoms. The van der Waals surface area contributed by atoms with Crippen LogP contribution in [0.15, 0.2) is 28.8 Å². The molecule has 0 aliphatic rings. The highest BCUT2D eigenvalue weighted by Gasteiger charge is 2.22. The van der Waals surface area contributed by atoms with Gasteiger partial charge in [0.15, 0.2) is 11.7 Å². The van der Waals surface area contributed by atoms with Crippen LogP contribution < -0.4 is 0 Å². The summed E-state index contributed by atoms with van der Waals surface area (Å²) in [7, 11) is 1.45. The average Bonchev–Trinajstić information content (AvgIpc) is 2.99. The van der Waals surface area contributed by atoms with Gasteiger partial charge in [0.1, 0.15) is 6.04 Å². The molecule has 1 aromatic heterocycles. The number of aryl methyl sites for hydroxylation is 1. The molecule has 24 heavy (non-hydrogen) atoms. The van der Waals surface area contributed by atoms with E-state index in [0.717, 1.165) is 0 Å². The number of rotatable bonds is 6. The summed E-state index contributed by atoms with van der Waals surface area (Å²) in [6.07, 6.45) is 1.89. The minimum absolute atomic E-state index is 0.0996. The molecule has 1 aromatic carbocycles. The lowest BCUT2D eigenvalue weighted by Crippen LogP contribution is -2.40. The summed E-state index contributed by atoms with van der Waals surface area (Å²) < 4.78 is 5.60. The number of carbonyl (C=O) groups is 2. The summed E-state index contributed by atoms with van der Waals surface area (Å²) in [5.41, 5.74) is 0.655. The fraction of sp³-hybridized carbons (Fsp3) is 0.312. The SMILES string of the molecule is CC(C(=O)O)N(C)C(=O)CCc1ncc(-c2ccc(Cl)cc2Cl)o1. The minimum Gasteiger partial charge on any atom is -0.480 e. The molecule has 2 rings (SSSR count). The van der Waals surface area contributed by atoms with Crippen molar-refractivity contribution in [3.63, 3.8) is 0 Å². The Bertz CT molecular complexity index is 760. The molecule has 1 heterocycles. The number of amides is 1. The second-order valence-corrected chi connectivity index (χ2v) is 6.10. The van der Waals surface area contributed by atoms with Crippen molar-refractivity contribution in [3.8, 4) is 11.3 Å². The Balaban J connectivity index is 2.02. The molecule has 0 saturated heterocycles. The Morgan fingerprint density at radius 2 is 2.08 bits per heavy atom. The fourth-order valence-corrected chi connectivity index (χ4v) is 2.51. The molecule has 128 valence electrons. The van der Waals surface area contributed by atoms with Crippen LogP contribution in [0.2, 0.25) is 10.0 Å². The number of hydrogen-bond acceptors (Lipinski definition) is 4. The van der Waals surface area contributed by atoms with Gasteiger partial charge in [0.05, 0.1) is 11.2 Å². The maximum Gasteiger partial charge on any atom is 0.326 e. The number of carboxylic acids is 1. The van der Waals surface area contributed by atoms with Crippen LogP contribution in [-0.4, -0.2) is 40.0 Å². The largest absolute Gasteiger partial charge is 0.480 e. The zero-order valence-electron chi connectivity index (χ0n) is 13.1. The average molecular weight is 371 g/mol. The van der Waals surface area contributed by atoms with E-state index in [2.05, 4.69) is 4.98 Å². The Kier molecular flexibility index (Phi) is 5.85. The third-order valence-electron chi connectivity index (χ3n) is 3.63. The number of halogens is 2. The van der Waals surface area contributed by atoms with Gasteiger partial charge in [-0.2, -0.15) is 0 Å². The van der Waals surface area contributed by atoms with Gasteiger partial charge in [-0.3, -0.25) is 4.79 Å². The van der Waals surface area contributed by atoms with Gasteiger partial charge in [-0.25, -0.2) is 9.78 Å². The van der Waals surface area contributed by atoms with Gasteiger partial charge in [0.25, 0.3) is 0 Å². The number of oxazole rings is 1. The molecule has 0 radical (unpaired) electrons. The van der Waals surface area contributed by atoms with Crippen LogP contribution in [0.3, 0.4) is 0 Å². The first-order valence-corrected chi connectivity index (χ1v) is 7.93. The highest BCUT2D eigenvalue weighted by atomic mass is 35.5. The lowest BCUT2D eigenvalue weighted by atomic mass is 10.2. The van der Waals surface area contributed by atoms with Crippen LogP contribution >= 0.6 is 23.2 Å². The smallest absolute Gasteiger partial charge is 0.326 e. The number of benzene rings is 1. The van der Waals surface area contributed by atoms with Crippen LogP contribution in [0.5, 0.6) is 0 Å². The minimum atomic E-state index is -1.05. The third-order valence-corrected chi connectivity index (χ3v) is 4.18. The van der Waals surface area contributed by atoms with E-state index in [1.54, 1.807) is 18.2 Å². The van der Waals surface area contributed by atoms with E-state index in [9.17, 15) is 9.59 Å². The van der Waals surface area contributed by atoms with E-state index in [1.807, 2.05) is 0 Å². The predicted octanol–water partition coefficient (Wildman–Crippen LogP) is 3.51. The summed E-state index contributed by atoms with van der Waals surface area (Å²) in [5, 5.41) is 9.87. The predicted molar refractivity (Wildman–Crippen MR) is 90.1 cm³/mol. The first-order valence-electron chi connectivity index (χ1n) is 7.18. The summed E-state index contributed by atoms with van der Waals surface area (Å²) >= 11 is 12.0. The van der Waals surface area contributed by atoms with Crippen molar-refractivity contribution in [2.75, 3.05) is 7.05 Å². The van der Waals surface area contributed by atoms with Crippen LogP contribution in [0.1, 0.15) is 19.2 Å². The van der Waals surface area contributed by atoms with Crippen molar-refractivity contribution in [2.45, 2.75) is 25.8 Å². The highest BCUT2D eigenvalue weighted by Crippen LogP contribution is 2.30. The van der Waals surface area contributed by atoms with E-state index >= 15 is 0 Å². The summed E-state index contributed by atoms with van der Waals surface area (Å²) in [4.78, 5) is 28.2. The van der Waals surface area contributed by atoms with E-state index in [4.69, 9.17) is 32.7 Å². The summed E-state index contributed by atoms with van der Waals surface area (Å²) in [6, 6.07) is 4.14. The first-order chi connectivity index (χ1) is 11.3. The van der Waals surface area contributed by atoms with E-state index in [1.165, 1.54) is 25.1 Å². The van der Waals surface area contributed by atoms with Crippen molar-refractivity contribution in [1.82, 2.24) is 9.88 Å². The molecule has 2 aromatic rings.